The van der Waals surface area contributed by atoms with Crippen molar-refractivity contribution in [3.8, 4) is 5.69 Å². The Hall–Kier alpha value is -2.93. The number of aromatic nitrogens is 4. The van der Waals surface area contributed by atoms with Crippen LogP contribution in [0.25, 0.3) is 16.6 Å². The van der Waals surface area contributed by atoms with Crippen LogP contribution in [0.15, 0.2) is 75.1 Å². The standard InChI is InChI=1S/C20H17BrN4O2/c21-14-5-3-7-16(11-14)25-19(26)17-8-1-2-9-18(17)24(20(25)27)10-4-6-15-12-22-13-23-15/h1-3,5,7-9,11-13H,4,6,10H2,(H,22,23). The van der Waals surface area contributed by atoms with Crippen LogP contribution >= 0.6 is 15.9 Å². The molecule has 0 bridgehead atoms. The number of para-hydroxylation sites is 1. The number of hydrogen-bond donors (Lipinski definition) is 1. The van der Waals surface area contributed by atoms with Crippen molar-refractivity contribution in [2.24, 2.45) is 0 Å². The molecule has 2 aromatic carbocycles. The Morgan fingerprint density at radius 3 is 2.70 bits per heavy atom. The van der Waals surface area contributed by atoms with Crippen molar-refractivity contribution >= 4 is 26.8 Å². The molecule has 4 rings (SSSR count). The number of fused-ring (bicyclic) bond motifs is 1. The third-order valence-corrected chi connectivity index (χ3v) is 4.99. The number of rotatable bonds is 5. The van der Waals surface area contributed by atoms with E-state index in [1.54, 1.807) is 35.3 Å². The summed E-state index contributed by atoms with van der Waals surface area (Å²) in [6.45, 7) is 0.507. The van der Waals surface area contributed by atoms with Gasteiger partial charge in [0, 0.05) is 22.9 Å². The second-order valence-corrected chi connectivity index (χ2v) is 7.17. The zero-order chi connectivity index (χ0) is 18.8. The molecule has 0 saturated carbocycles. The Labute approximate surface area is 163 Å². The van der Waals surface area contributed by atoms with Crippen LogP contribution in [-0.2, 0) is 13.0 Å². The van der Waals surface area contributed by atoms with Crippen LogP contribution in [0.1, 0.15) is 12.1 Å². The molecule has 0 aliphatic rings. The van der Waals surface area contributed by atoms with Crippen LogP contribution in [0.2, 0.25) is 0 Å². The second kappa shape index (κ2) is 7.36. The number of aryl methyl sites for hydroxylation is 2. The molecule has 0 fully saturated rings. The third-order valence-electron chi connectivity index (χ3n) is 4.50. The van der Waals surface area contributed by atoms with Gasteiger partial charge in [-0.15, -0.1) is 0 Å². The normalized spacial score (nSPS) is 11.1. The highest BCUT2D eigenvalue weighted by Gasteiger charge is 2.14. The highest BCUT2D eigenvalue weighted by Crippen LogP contribution is 2.15. The van der Waals surface area contributed by atoms with Gasteiger partial charge < -0.3 is 4.98 Å². The van der Waals surface area contributed by atoms with Gasteiger partial charge in [-0.05, 0) is 43.2 Å². The Morgan fingerprint density at radius 2 is 1.93 bits per heavy atom. The number of nitrogens with zero attached hydrogens (tertiary/aromatic N) is 3. The minimum absolute atomic E-state index is 0.307. The van der Waals surface area contributed by atoms with Crippen LogP contribution < -0.4 is 11.2 Å². The molecule has 0 aliphatic carbocycles. The first-order valence-electron chi connectivity index (χ1n) is 8.63. The number of nitrogens with one attached hydrogen (secondary N) is 1. The fourth-order valence-electron chi connectivity index (χ4n) is 3.23. The molecule has 2 aromatic heterocycles. The number of halogens is 1. The largest absolute Gasteiger partial charge is 0.348 e. The third kappa shape index (κ3) is 3.38. The van der Waals surface area contributed by atoms with Gasteiger partial charge in [0.25, 0.3) is 5.56 Å². The summed E-state index contributed by atoms with van der Waals surface area (Å²) in [4.78, 5) is 33.3. The van der Waals surface area contributed by atoms with E-state index >= 15 is 0 Å². The Balaban J connectivity index is 1.84. The summed E-state index contributed by atoms with van der Waals surface area (Å²) in [7, 11) is 0. The van der Waals surface area contributed by atoms with Crippen molar-refractivity contribution in [1.29, 1.82) is 0 Å². The smallest absolute Gasteiger partial charge is 0.336 e. The molecule has 27 heavy (non-hydrogen) atoms. The molecule has 0 atom stereocenters. The van der Waals surface area contributed by atoms with Gasteiger partial charge in [0.1, 0.15) is 0 Å². The number of benzene rings is 2. The molecule has 6 nitrogen and oxygen atoms in total. The van der Waals surface area contributed by atoms with Gasteiger partial charge in [0.15, 0.2) is 0 Å². The first-order valence-corrected chi connectivity index (χ1v) is 9.42. The van der Waals surface area contributed by atoms with Crippen LogP contribution in [0, 0.1) is 0 Å². The maximum Gasteiger partial charge on any atom is 0.336 e. The summed E-state index contributed by atoms with van der Waals surface area (Å²) >= 11 is 3.41. The molecule has 136 valence electrons. The van der Waals surface area contributed by atoms with Gasteiger partial charge in [-0.25, -0.2) is 14.3 Å². The molecule has 0 aliphatic heterocycles. The van der Waals surface area contributed by atoms with Gasteiger partial charge in [0.05, 0.1) is 22.9 Å². The van der Waals surface area contributed by atoms with E-state index in [2.05, 4.69) is 25.9 Å². The number of aromatic amines is 1. The number of imidazole rings is 1. The monoisotopic (exact) mass is 424 g/mol. The van der Waals surface area contributed by atoms with Crippen LogP contribution in [-0.4, -0.2) is 19.1 Å². The van der Waals surface area contributed by atoms with Crippen LogP contribution in [0.5, 0.6) is 0 Å². The highest BCUT2D eigenvalue weighted by molar-refractivity contribution is 9.10. The van der Waals surface area contributed by atoms with E-state index in [-0.39, 0.29) is 11.2 Å². The average molecular weight is 425 g/mol. The van der Waals surface area contributed by atoms with Crippen molar-refractivity contribution in [3.63, 3.8) is 0 Å². The molecule has 0 unspecified atom stereocenters. The topological polar surface area (TPSA) is 72.7 Å². The maximum atomic E-state index is 13.2. The minimum Gasteiger partial charge on any atom is -0.348 e. The van der Waals surface area contributed by atoms with Gasteiger partial charge in [-0.1, -0.05) is 34.1 Å². The minimum atomic E-state index is -0.332. The molecule has 0 spiro atoms. The fraction of sp³-hybridized carbons (Fsp3) is 0.150. The lowest BCUT2D eigenvalue weighted by atomic mass is 10.2. The summed E-state index contributed by atoms with van der Waals surface area (Å²) < 4.78 is 3.72. The first-order chi connectivity index (χ1) is 13.1. The Bertz CT molecular complexity index is 1210. The summed E-state index contributed by atoms with van der Waals surface area (Å²) in [5.41, 5.74) is 1.59. The van der Waals surface area contributed by atoms with Crippen molar-refractivity contribution < 1.29 is 0 Å². The number of H-pyrrole nitrogens is 1. The lowest BCUT2D eigenvalue weighted by Crippen LogP contribution is -2.39. The lowest BCUT2D eigenvalue weighted by Gasteiger charge is -2.14. The van der Waals surface area contributed by atoms with E-state index in [9.17, 15) is 9.59 Å². The highest BCUT2D eigenvalue weighted by atomic mass is 79.9. The predicted octanol–water partition coefficient (Wildman–Crippen LogP) is 3.27. The SMILES string of the molecule is O=c1c2ccccc2n(CCCc2cnc[nH]2)c(=O)n1-c1cccc(Br)c1. The Kier molecular flexibility index (Phi) is 4.77. The molecule has 0 amide bonds. The number of hydrogen-bond acceptors (Lipinski definition) is 3. The quantitative estimate of drug-likeness (QED) is 0.534. The average Bonchev–Trinajstić information content (AvgIpc) is 3.18. The second-order valence-electron chi connectivity index (χ2n) is 6.25. The summed E-state index contributed by atoms with van der Waals surface area (Å²) in [6.07, 6.45) is 4.95. The van der Waals surface area contributed by atoms with Gasteiger partial charge in [-0.3, -0.25) is 9.36 Å². The van der Waals surface area contributed by atoms with Crippen LogP contribution in [0.3, 0.4) is 0 Å². The first kappa shape index (κ1) is 17.5. The molecule has 4 aromatic rings. The summed E-state index contributed by atoms with van der Waals surface area (Å²) in [5.74, 6) is 0. The summed E-state index contributed by atoms with van der Waals surface area (Å²) in [5, 5.41) is 0.526. The lowest BCUT2D eigenvalue weighted by molar-refractivity contribution is 0.607. The van der Waals surface area contributed by atoms with Gasteiger partial charge in [-0.2, -0.15) is 0 Å². The Morgan fingerprint density at radius 1 is 1.07 bits per heavy atom. The molecular formula is C20H17BrN4O2. The van der Waals surface area contributed by atoms with Crippen molar-refractivity contribution in [2.45, 2.75) is 19.4 Å². The zero-order valence-corrected chi connectivity index (χ0v) is 16.0. The maximum absolute atomic E-state index is 13.2. The molecule has 1 N–H and O–H groups in total. The van der Waals surface area contributed by atoms with E-state index in [1.807, 2.05) is 30.3 Å². The predicted molar refractivity (Wildman–Crippen MR) is 108 cm³/mol. The van der Waals surface area contributed by atoms with E-state index in [4.69, 9.17) is 0 Å². The van der Waals surface area contributed by atoms with Crippen molar-refractivity contribution in [2.75, 3.05) is 0 Å². The van der Waals surface area contributed by atoms with Gasteiger partial charge in [0.2, 0.25) is 0 Å². The van der Waals surface area contributed by atoms with E-state index in [1.165, 1.54) is 4.57 Å². The van der Waals surface area contributed by atoms with Gasteiger partial charge >= 0.3 is 5.69 Å². The van der Waals surface area contributed by atoms with Crippen LogP contribution in [0.4, 0.5) is 0 Å². The van der Waals surface area contributed by atoms with Crippen molar-refractivity contribution in [1.82, 2.24) is 19.1 Å². The molecular weight excluding hydrogens is 408 g/mol. The molecule has 0 radical (unpaired) electrons. The van der Waals surface area contributed by atoms with E-state index in [0.29, 0.717) is 23.1 Å². The molecule has 2 heterocycles. The van der Waals surface area contributed by atoms with E-state index < -0.39 is 0 Å². The fourth-order valence-corrected chi connectivity index (χ4v) is 3.62. The van der Waals surface area contributed by atoms with E-state index in [0.717, 1.165) is 23.0 Å². The van der Waals surface area contributed by atoms with Crippen molar-refractivity contribution in [3.05, 3.63) is 92.1 Å². The summed E-state index contributed by atoms with van der Waals surface area (Å²) in [6, 6.07) is 14.4. The molecule has 0 saturated heterocycles. The molecule has 7 heteroatoms. The zero-order valence-electron chi connectivity index (χ0n) is 14.4.